The zero-order valence-corrected chi connectivity index (χ0v) is 10.4. The van der Waals surface area contributed by atoms with Crippen LogP contribution in [0.3, 0.4) is 0 Å². The molecule has 1 aliphatic rings. The molecular weight excluding hydrogens is 212 g/mol. The smallest absolute Gasteiger partial charge is 0.180 e. The molecule has 2 aromatic rings. The number of aryl methyl sites for hydroxylation is 1. The second kappa shape index (κ2) is 4.06. The second-order valence-corrected chi connectivity index (χ2v) is 4.71. The second-order valence-electron chi connectivity index (χ2n) is 4.71. The van der Waals surface area contributed by atoms with E-state index < -0.39 is 0 Å². The summed E-state index contributed by atoms with van der Waals surface area (Å²) >= 11 is 0. The van der Waals surface area contributed by atoms with Crippen molar-refractivity contribution in [1.82, 2.24) is 9.38 Å². The number of ether oxygens (including phenoxy) is 1. The lowest BCUT2D eigenvalue weighted by molar-refractivity contribution is 0.417. The van der Waals surface area contributed by atoms with Crippen molar-refractivity contribution in [2.45, 2.75) is 38.5 Å². The van der Waals surface area contributed by atoms with Gasteiger partial charge in [-0.15, -0.1) is 0 Å². The molecule has 0 amide bonds. The van der Waals surface area contributed by atoms with Crippen molar-refractivity contribution in [2.24, 2.45) is 0 Å². The van der Waals surface area contributed by atoms with Crippen LogP contribution in [0.4, 0.5) is 0 Å². The fourth-order valence-corrected chi connectivity index (χ4v) is 2.89. The Hall–Kier alpha value is -1.51. The zero-order valence-electron chi connectivity index (χ0n) is 10.4. The lowest BCUT2D eigenvalue weighted by Gasteiger charge is -2.19. The van der Waals surface area contributed by atoms with Crippen LogP contribution in [0.25, 0.3) is 5.65 Å². The highest BCUT2D eigenvalue weighted by molar-refractivity contribution is 5.56. The van der Waals surface area contributed by atoms with Gasteiger partial charge in [0, 0.05) is 17.8 Å². The summed E-state index contributed by atoms with van der Waals surface area (Å²) in [6, 6.07) is 4.01. The Bertz CT molecular complexity index is 544. The fraction of sp³-hybridized carbons (Fsp3) is 0.500. The lowest BCUT2D eigenvalue weighted by atomic mass is 9.88. The Morgan fingerprint density at radius 1 is 1.53 bits per heavy atom. The van der Waals surface area contributed by atoms with Crippen LogP contribution in [-0.2, 0) is 6.42 Å². The molecule has 90 valence electrons. The average molecular weight is 230 g/mol. The standard InChI is InChI=1S/C14H18N2O/c1-3-10-6-4-7-11-13(10)15-14-12(17-2)8-5-9-16(11)14/h5,8-10H,3-4,6-7H2,1-2H3. The highest BCUT2D eigenvalue weighted by Gasteiger charge is 2.24. The molecule has 2 heterocycles. The monoisotopic (exact) mass is 230 g/mol. The quantitative estimate of drug-likeness (QED) is 0.792. The van der Waals surface area contributed by atoms with Gasteiger partial charge in [-0.25, -0.2) is 4.98 Å². The summed E-state index contributed by atoms with van der Waals surface area (Å²) in [7, 11) is 1.71. The van der Waals surface area contributed by atoms with Crippen LogP contribution < -0.4 is 4.74 Å². The van der Waals surface area contributed by atoms with Crippen LogP contribution in [0.2, 0.25) is 0 Å². The molecule has 17 heavy (non-hydrogen) atoms. The van der Waals surface area contributed by atoms with E-state index >= 15 is 0 Å². The fourth-order valence-electron chi connectivity index (χ4n) is 2.89. The van der Waals surface area contributed by atoms with Gasteiger partial charge in [0.2, 0.25) is 0 Å². The van der Waals surface area contributed by atoms with Crippen molar-refractivity contribution in [3.05, 3.63) is 29.7 Å². The normalized spacial score (nSPS) is 19.3. The maximum absolute atomic E-state index is 5.39. The van der Waals surface area contributed by atoms with Gasteiger partial charge in [-0.2, -0.15) is 0 Å². The van der Waals surface area contributed by atoms with Crippen molar-refractivity contribution in [3.63, 3.8) is 0 Å². The zero-order chi connectivity index (χ0) is 11.8. The Balaban J connectivity index is 2.25. The van der Waals surface area contributed by atoms with Crippen LogP contribution in [0.1, 0.15) is 43.5 Å². The highest BCUT2D eigenvalue weighted by Crippen LogP contribution is 2.35. The molecule has 3 nitrogen and oxygen atoms in total. The van der Waals surface area contributed by atoms with Crippen LogP contribution in [0.5, 0.6) is 5.75 Å². The number of pyridine rings is 1. The molecule has 0 aliphatic heterocycles. The Morgan fingerprint density at radius 3 is 3.18 bits per heavy atom. The maximum Gasteiger partial charge on any atom is 0.180 e. The van der Waals surface area contributed by atoms with Gasteiger partial charge in [0.25, 0.3) is 0 Å². The van der Waals surface area contributed by atoms with E-state index in [2.05, 4.69) is 17.5 Å². The highest BCUT2D eigenvalue weighted by atomic mass is 16.5. The van der Waals surface area contributed by atoms with Crippen molar-refractivity contribution in [3.8, 4) is 5.75 Å². The summed E-state index contributed by atoms with van der Waals surface area (Å²) < 4.78 is 7.60. The maximum atomic E-state index is 5.39. The summed E-state index contributed by atoms with van der Waals surface area (Å²) in [6.07, 6.45) is 6.97. The molecule has 3 rings (SSSR count). The summed E-state index contributed by atoms with van der Waals surface area (Å²) in [4.78, 5) is 4.81. The minimum absolute atomic E-state index is 0.628. The summed E-state index contributed by atoms with van der Waals surface area (Å²) in [5.41, 5.74) is 3.65. The summed E-state index contributed by atoms with van der Waals surface area (Å²) in [5.74, 6) is 1.50. The molecule has 1 unspecified atom stereocenters. The first-order chi connectivity index (χ1) is 8.35. The molecule has 2 aromatic heterocycles. The molecule has 0 spiro atoms. The molecule has 3 heteroatoms. The predicted octanol–water partition coefficient (Wildman–Crippen LogP) is 3.17. The largest absolute Gasteiger partial charge is 0.493 e. The van der Waals surface area contributed by atoms with Crippen molar-refractivity contribution in [1.29, 1.82) is 0 Å². The molecule has 1 aliphatic carbocycles. The predicted molar refractivity (Wildman–Crippen MR) is 67.7 cm³/mol. The molecule has 0 aromatic carbocycles. The molecule has 0 fully saturated rings. The van der Waals surface area contributed by atoms with Gasteiger partial charge in [-0.1, -0.05) is 6.92 Å². The first-order valence-corrected chi connectivity index (χ1v) is 6.39. The van der Waals surface area contributed by atoms with Gasteiger partial charge in [-0.05, 0) is 37.8 Å². The van der Waals surface area contributed by atoms with Gasteiger partial charge in [0.05, 0.1) is 12.8 Å². The van der Waals surface area contributed by atoms with E-state index in [1.54, 1.807) is 7.11 Å². The van der Waals surface area contributed by atoms with E-state index in [4.69, 9.17) is 9.72 Å². The third-order valence-electron chi connectivity index (χ3n) is 3.81. The van der Waals surface area contributed by atoms with E-state index in [0.717, 1.165) is 17.8 Å². The van der Waals surface area contributed by atoms with Gasteiger partial charge in [0.1, 0.15) is 0 Å². The summed E-state index contributed by atoms with van der Waals surface area (Å²) in [5, 5.41) is 0. The molecule has 0 radical (unpaired) electrons. The third-order valence-corrected chi connectivity index (χ3v) is 3.81. The Morgan fingerprint density at radius 2 is 2.41 bits per heavy atom. The number of hydrogen-bond acceptors (Lipinski definition) is 2. The van der Waals surface area contributed by atoms with Gasteiger partial charge in [-0.3, -0.25) is 0 Å². The topological polar surface area (TPSA) is 26.5 Å². The first kappa shape index (κ1) is 10.6. The van der Waals surface area contributed by atoms with Crippen LogP contribution >= 0.6 is 0 Å². The van der Waals surface area contributed by atoms with Gasteiger partial charge in [0.15, 0.2) is 11.4 Å². The molecule has 0 saturated carbocycles. The Labute approximate surface area is 101 Å². The van der Waals surface area contributed by atoms with Crippen molar-refractivity contribution >= 4 is 5.65 Å². The first-order valence-electron chi connectivity index (χ1n) is 6.39. The van der Waals surface area contributed by atoms with E-state index in [1.165, 1.54) is 30.7 Å². The lowest BCUT2D eigenvalue weighted by Crippen LogP contribution is -2.09. The number of imidazole rings is 1. The van der Waals surface area contributed by atoms with E-state index in [-0.39, 0.29) is 0 Å². The third kappa shape index (κ3) is 1.53. The van der Waals surface area contributed by atoms with Crippen LogP contribution in [-0.4, -0.2) is 16.5 Å². The average Bonchev–Trinajstić information content (AvgIpc) is 2.77. The van der Waals surface area contributed by atoms with Crippen molar-refractivity contribution in [2.75, 3.05) is 7.11 Å². The minimum Gasteiger partial charge on any atom is -0.493 e. The van der Waals surface area contributed by atoms with Crippen LogP contribution in [0, 0.1) is 0 Å². The number of methoxy groups -OCH3 is 1. The number of rotatable bonds is 2. The Kier molecular flexibility index (Phi) is 2.54. The van der Waals surface area contributed by atoms with Crippen LogP contribution in [0.15, 0.2) is 18.3 Å². The van der Waals surface area contributed by atoms with Gasteiger partial charge >= 0.3 is 0 Å². The molecular formula is C14H18N2O. The SMILES string of the molecule is CCC1CCCc2c1nc1c(OC)cccn21. The number of hydrogen-bond donors (Lipinski definition) is 0. The van der Waals surface area contributed by atoms with E-state index in [9.17, 15) is 0 Å². The van der Waals surface area contributed by atoms with Gasteiger partial charge < -0.3 is 9.14 Å². The minimum atomic E-state index is 0.628. The van der Waals surface area contributed by atoms with Crippen molar-refractivity contribution < 1.29 is 4.74 Å². The molecule has 0 saturated heterocycles. The molecule has 0 N–H and O–H groups in total. The number of fused-ring (bicyclic) bond motifs is 3. The number of nitrogens with zero attached hydrogens (tertiary/aromatic N) is 2. The van der Waals surface area contributed by atoms with E-state index in [0.29, 0.717) is 5.92 Å². The number of aromatic nitrogens is 2. The van der Waals surface area contributed by atoms with E-state index in [1.807, 2.05) is 12.1 Å². The molecule has 0 bridgehead atoms. The molecule has 1 atom stereocenters. The summed E-state index contributed by atoms with van der Waals surface area (Å²) in [6.45, 7) is 2.25.